The van der Waals surface area contributed by atoms with Crippen LogP contribution in [-0.2, 0) is 0 Å². The number of nitrogens with zero attached hydrogens (tertiary/aromatic N) is 1. The number of hydrogen-bond acceptors (Lipinski definition) is 3. The van der Waals surface area contributed by atoms with Gasteiger partial charge >= 0.3 is 0 Å². The Hall–Kier alpha value is -2.56. The number of anilines is 2. The second kappa shape index (κ2) is 6.26. The van der Waals surface area contributed by atoms with Gasteiger partial charge in [-0.3, -0.25) is 4.79 Å². The molecular weight excluding hydrogens is 271 g/mol. The van der Waals surface area contributed by atoms with Gasteiger partial charge in [-0.15, -0.1) is 0 Å². The minimum atomic E-state index is -0.754. The van der Waals surface area contributed by atoms with E-state index in [-0.39, 0.29) is 11.3 Å². The maximum absolute atomic E-state index is 13.9. The van der Waals surface area contributed by atoms with Gasteiger partial charge in [-0.05, 0) is 30.7 Å². The van der Waals surface area contributed by atoms with E-state index in [0.29, 0.717) is 24.3 Å². The van der Waals surface area contributed by atoms with Crippen molar-refractivity contribution in [2.24, 2.45) is 0 Å². The number of phenols is 1. The van der Waals surface area contributed by atoms with Crippen molar-refractivity contribution in [3.05, 3.63) is 53.8 Å². The zero-order valence-electron chi connectivity index (χ0n) is 11.7. The Labute approximate surface area is 122 Å². The van der Waals surface area contributed by atoms with Gasteiger partial charge in [0.25, 0.3) is 5.91 Å². The van der Waals surface area contributed by atoms with Crippen LogP contribution >= 0.6 is 0 Å². The van der Waals surface area contributed by atoms with Crippen molar-refractivity contribution in [1.82, 2.24) is 0 Å². The van der Waals surface area contributed by atoms with Crippen LogP contribution in [0.2, 0.25) is 0 Å². The first-order chi connectivity index (χ1) is 10.1. The Balaban J connectivity index is 2.48. The Kier molecular flexibility index (Phi) is 4.42. The molecule has 21 heavy (non-hydrogen) atoms. The maximum atomic E-state index is 13.9. The second-order valence-electron chi connectivity index (χ2n) is 4.65. The molecule has 3 N–H and O–H groups in total. The lowest BCUT2D eigenvalue weighted by Crippen LogP contribution is -2.33. The Bertz CT molecular complexity index is 638. The highest BCUT2D eigenvalue weighted by Gasteiger charge is 2.24. The SMILES string of the molecule is CCCN(C(=O)c1c(O)cccc1F)c1ccccc1N. The summed E-state index contributed by atoms with van der Waals surface area (Å²) in [5, 5.41) is 9.78. The van der Waals surface area contributed by atoms with E-state index in [0.717, 1.165) is 6.07 Å². The number of benzene rings is 2. The number of nitrogen functional groups attached to an aromatic ring is 1. The van der Waals surface area contributed by atoms with Crippen LogP contribution in [0.1, 0.15) is 23.7 Å². The number of halogens is 1. The number of carbonyl (C=O) groups is 1. The standard InChI is InChI=1S/C16H17FN2O2/c1-2-10-19(13-8-4-3-7-12(13)18)16(21)15-11(17)6-5-9-14(15)20/h3-9,20H,2,10,18H2,1H3. The van der Waals surface area contributed by atoms with Gasteiger partial charge in [0.05, 0.1) is 11.4 Å². The molecule has 110 valence electrons. The molecule has 0 saturated carbocycles. The fourth-order valence-corrected chi connectivity index (χ4v) is 2.15. The highest BCUT2D eigenvalue weighted by atomic mass is 19.1. The van der Waals surface area contributed by atoms with Crippen LogP contribution in [0.5, 0.6) is 5.75 Å². The Morgan fingerprint density at radius 1 is 1.24 bits per heavy atom. The van der Waals surface area contributed by atoms with Gasteiger partial charge < -0.3 is 15.7 Å². The summed E-state index contributed by atoms with van der Waals surface area (Å²) in [6.45, 7) is 2.28. The number of hydrogen-bond donors (Lipinski definition) is 2. The molecule has 0 aromatic heterocycles. The molecule has 0 radical (unpaired) electrons. The summed E-state index contributed by atoms with van der Waals surface area (Å²) in [6, 6.07) is 10.7. The van der Waals surface area contributed by atoms with Gasteiger partial charge in [-0.2, -0.15) is 0 Å². The number of aromatic hydroxyl groups is 1. The molecule has 2 aromatic carbocycles. The number of phenolic OH excluding ortho intramolecular Hbond substituents is 1. The summed E-state index contributed by atoms with van der Waals surface area (Å²) in [7, 11) is 0. The van der Waals surface area contributed by atoms with E-state index in [1.165, 1.54) is 17.0 Å². The van der Waals surface area contributed by atoms with Crippen LogP contribution in [0.4, 0.5) is 15.8 Å². The summed E-state index contributed by atoms with van der Waals surface area (Å²) in [4.78, 5) is 14.0. The largest absolute Gasteiger partial charge is 0.507 e. The highest BCUT2D eigenvalue weighted by molar-refractivity contribution is 6.09. The van der Waals surface area contributed by atoms with Crippen molar-refractivity contribution in [2.75, 3.05) is 17.2 Å². The predicted molar refractivity (Wildman–Crippen MR) is 80.9 cm³/mol. The van der Waals surface area contributed by atoms with Gasteiger partial charge in [-0.1, -0.05) is 25.1 Å². The van der Waals surface area contributed by atoms with E-state index >= 15 is 0 Å². The summed E-state index contributed by atoms with van der Waals surface area (Å²) in [5.74, 6) is -1.74. The Morgan fingerprint density at radius 2 is 1.95 bits per heavy atom. The van der Waals surface area contributed by atoms with Crippen molar-refractivity contribution in [2.45, 2.75) is 13.3 Å². The molecule has 0 heterocycles. The first-order valence-electron chi connectivity index (χ1n) is 6.70. The van der Waals surface area contributed by atoms with Crippen LogP contribution in [-0.4, -0.2) is 17.6 Å². The highest BCUT2D eigenvalue weighted by Crippen LogP contribution is 2.28. The normalized spacial score (nSPS) is 10.4. The molecule has 0 saturated heterocycles. The quantitative estimate of drug-likeness (QED) is 0.849. The number of nitrogens with two attached hydrogens (primary N) is 1. The topological polar surface area (TPSA) is 66.6 Å². The van der Waals surface area contributed by atoms with Crippen LogP contribution in [0.3, 0.4) is 0 Å². The molecule has 2 aromatic rings. The molecule has 4 nitrogen and oxygen atoms in total. The van der Waals surface area contributed by atoms with Gasteiger partial charge in [0.1, 0.15) is 17.1 Å². The average molecular weight is 288 g/mol. The van der Waals surface area contributed by atoms with Crippen molar-refractivity contribution in [3.8, 4) is 5.75 Å². The van der Waals surface area contributed by atoms with Crippen molar-refractivity contribution in [3.63, 3.8) is 0 Å². The minimum absolute atomic E-state index is 0.339. The molecule has 0 unspecified atom stereocenters. The predicted octanol–water partition coefficient (Wildman–Crippen LogP) is 3.17. The van der Waals surface area contributed by atoms with Gasteiger partial charge in [0, 0.05) is 6.54 Å². The fourth-order valence-electron chi connectivity index (χ4n) is 2.15. The summed E-state index contributed by atoms with van der Waals surface area (Å²) in [6.07, 6.45) is 0.676. The first-order valence-corrected chi connectivity index (χ1v) is 6.70. The lowest BCUT2D eigenvalue weighted by molar-refractivity contribution is 0.0980. The van der Waals surface area contributed by atoms with Crippen molar-refractivity contribution >= 4 is 17.3 Å². The molecule has 5 heteroatoms. The van der Waals surface area contributed by atoms with Gasteiger partial charge in [-0.25, -0.2) is 4.39 Å². The monoisotopic (exact) mass is 288 g/mol. The van der Waals surface area contributed by atoms with E-state index in [1.807, 2.05) is 6.92 Å². The molecule has 0 atom stereocenters. The fraction of sp³-hybridized carbons (Fsp3) is 0.188. The number of para-hydroxylation sites is 2. The van der Waals surface area contributed by atoms with Crippen LogP contribution in [0.15, 0.2) is 42.5 Å². The second-order valence-corrected chi connectivity index (χ2v) is 4.65. The van der Waals surface area contributed by atoms with E-state index in [4.69, 9.17) is 5.73 Å². The van der Waals surface area contributed by atoms with E-state index in [2.05, 4.69) is 0 Å². The number of amides is 1. The average Bonchev–Trinajstić information content (AvgIpc) is 2.45. The molecule has 1 amide bonds. The van der Waals surface area contributed by atoms with Gasteiger partial charge in [0.2, 0.25) is 0 Å². The Morgan fingerprint density at radius 3 is 2.57 bits per heavy atom. The third-order valence-corrected chi connectivity index (χ3v) is 3.13. The third-order valence-electron chi connectivity index (χ3n) is 3.13. The maximum Gasteiger partial charge on any atom is 0.265 e. The van der Waals surface area contributed by atoms with Gasteiger partial charge in [0.15, 0.2) is 0 Å². The first kappa shape index (κ1) is 14.8. The van der Waals surface area contributed by atoms with Crippen molar-refractivity contribution in [1.29, 1.82) is 0 Å². The smallest absolute Gasteiger partial charge is 0.265 e. The number of carbonyl (C=O) groups excluding carboxylic acids is 1. The molecular formula is C16H17FN2O2. The van der Waals surface area contributed by atoms with E-state index in [1.54, 1.807) is 24.3 Å². The molecule has 0 bridgehead atoms. The third kappa shape index (κ3) is 2.97. The molecule has 0 aliphatic carbocycles. The zero-order chi connectivity index (χ0) is 15.4. The van der Waals surface area contributed by atoms with Crippen LogP contribution in [0, 0.1) is 5.82 Å². The summed E-state index contributed by atoms with van der Waals surface area (Å²) < 4.78 is 13.9. The molecule has 0 aliphatic rings. The zero-order valence-corrected chi connectivity index (χ0v) is 11.7. The van der Waals surface area contributed by atoms with Crippen LogP contribution in [0.25, 0.3) is 0 Å². The molecule has 2 rings (SSSR count). The summed E-state index contributed by atoms with van der Waals surface area (Å²) in [5.41, 5.74) is 6.49. The van der Waals surface area contributed by atoms with E-state index in [9.17, 15) is 14.3 Å². The van der Waals surface area contributed by atoms with Crippen LogP contribution < -0.4 is 10.6 Å². The summed E-state index contributed by atoms with van der Waals surface area (Å²) >= 11 is 0. The molecule has 0 spiro atoms. The van der Waals surface area contributed by atoms with Crippen molar-refractivity contribution < 1.29 is 14.3 Å². The number of rotatable bonds is 4. The molecule has 0 fully saturated rings. The minimum Gasteiger partial charge on any atom is -0.507 e. The lowest BCUT2D eigenvalue weighted by atomic mass is 10.1. The lowest BCUT2D eigenvalue weighted by Gasteiger charge is -2.24. The van der Waals surface area contributed by atoms with E-state index < -0.39 is 11.7 Å². The molecule has 0 aliphatic heterocycles.